The first-order valence-electron chi connectivity index (χ1n) is 5.69. The summed E-state index contributed by atoms with van der Waals surface area (Å²) >= 11 is 0. The van der Waals surface area contributed by atoms with Crippen molar-refractivity contribution in [3.05, 3.63) is 72.3 Å². The summed E-state index contributed by atoms with van der Waals surface area (Å²) in [5, 5.41) is 1.24. The molecule has 3 rings (SSSR count). The first kappa shape index (κ1) is 10.9. The second kappa shape index (κ2) is 4.22. The van der Waals surface area contributed by atoms with E-state index in [0.717, 1.165) is 5.39 Å². The minimum atomic E-state index is -0.340. The van der Waals surface area contributed by atoms with Crippen LogP contribution >= 0.6 is 0 Å². The molecule has 0 nitrogen and oxygen atoms in total. The summed E-state index contributed by atoms with van der Waals surface area (Å²) < 4.78 is 27.8. The highest BCUT2D eigenvalue weighted by molar-refractivity contribution is 5.97. The molecule has 0 fully saturated rings. The Bertz CT molecular complexity index is 712. The van der Waals surface area contributed by atoms with Crippen LogP contribution < -0.4 is 0 Å². The van der Waals surface area contributed by atoms with Gasteiger partial charge in [0.25, 0.3) is 0 Å². The number of rotatable bonds is 1. The van der Waals surface area contributed by atoms with E-state index in [2.05, 4.69) is 0 Å². The molecule has 3 aromatic carbocycles. The van der Waals surface area contributed by atoms with E-state index in [9.17, 15) is 8.78 Å². The van der Waals surface area contributed by atoms with Gasteiger partial charge in [0.1, 0.15) is 11.6 Å². The average Bonchev–Trinajstić information content (AvgIpc) is 2.39. The van der Waals surface area contributed by atoms with Crippen LogP contribution in [0.3, 0.4) is 0 Å². The maximum atomic E-state index is 13.9. The van der Waals surface area contributed by atoms with Crippen LogP contribution in [0.1, 0.15) is 0 Å². The molecule has 0 aliphatic carbocycles. The van der Waals surface area contributed by atoms with Gasteiger partial charge in [-0.1, -0.05) is 48.5 Å². The molecule has 0 radical (unpaired) electrons. The van der Waals surface area contributed by atoms with Crippen molar-refractivity contribution in [2.75, 3.05) is 0 Å². The molecular formula is C16H10F2. The number of fused-ring (bicyclic) bond motifs is 1. The standard InChI is InChI=1S/C16H10F2/c17-14-9-2-1-7-12(14)13-8-3-5-11-6-4-10-15(18)16(11)13/h1-10H. The molecule has 0 saturated heterocycles. The zero-order valence-corrected chi connectivity index (χ0v) is 9.53. The van der Waals surface area contributed by atoms with Crippen molar-refractivity contribution >= 4 is 10.8 Å². The molecule has 0 N–H and O–H groups in total. The van der Waals surface area contributed by atoms with E-state index in [-0.39, 0.29) is 11.6 Å². The van der Waals surface area contributed by atoms with Gasteiger partial charge in [-0.25, -0.2) is 8.78 Å². The Balaban J connectivity index is 2.40. The molecule has 0 spiro atoms. The Morgan fingerprint density at radius 2 is 1.17 bits per heavy atom. The van der Waals surface area contributed by atoms with Gasteiger partial charge in [-0.05, 0) is 23.1 Å². The molecule has 0 aromatic heterocycles. The lowest BCUT2D eigenvalue weighted by molar-refractivity contribution is 0.630. The second-order valence-electron chi connectivity index (χ2n) is 4.12. The third-order valence-corrected chi connectivity index (χ3v) is 3.02. The average molecular weight is 240 g/mol. The van der Waals surface area contributed by atoms with Crippen molar-refractivity contribution < 1.29 is 8.78 Å². The molecule has 88 valence electrons. The van der Waals surface area contributed by atoms with Crippen LogP contribution in [0.15, 0.2) is 60.7 Å². The maximum absolute atomic E-state index is 13.9. The second-order valence-corrected chi connectivity index (χ2v) is 4.12. The smallest absolute Gasteiger partial charge is 0.131 e. The van der Waals surface area contributed by atoms with E-state index >= 15 is 0 Å². The van der Waals surface area contributed by atoms with Gasteiger partial charge >= 0.3 is 0 Å². The summed E-state index contributed by atoms with van der Waals surface area (Å²) in [4.78, 5) is 0. The molecule has 0 saturated carbocycles. The fraction of sp³-hybridized carbons (Fsp3) is 0. The lowest BCUT2D eigenvalue weighted by atomic mass is 9.97. The molecule has 3 aromatic rings. The lowest BCUT2D eigenvalue weighted by Crippen LogP contribution is -1.88. The van der Waals surface area contributed by atoms with E-state index in [4.69, 9.17) is 0 Å². The Morgan fingerprint density at radius 3 is 1.94 bits per heavy atom. The minimum Gasteiger partial charge on any atom is -0.206 e. The van der Waals surface area contributed by atoms with Crippen molar-refractivity contribution in [3.8, 4) is 11.1 Å². The zero-order chi connectivity index (χ0) is 12.5. The minimum absolute atomic E-state index is 0.327. The highest BCUT2D eigenvalue weighted by Crippen LogP contribution is 2.31. The fourth-order valence-corrected chi connectivity index (χ4v) is 2.20. The first-order chi connectivity index (χ1) is 8.77. The molecule has 0 amide bonds. The molecule has 0 bridgehead atoms. The van der Waals surface area contributed by atoms with E-state index in [1.54, 1.807) is 30.3 Å². The lowest BCUT2D eigenvalue weighted by Gasteiger charge is -2.08. The third kappa shape index (κ3) is 1.66. The van der Waals surface area contributed by atoms with Crippen LogP contribution in [0.25, 0.3) is 21.9 Å². The first-order valence-corrected chi connectivity index (χ1v) is 5.69. The van der Waals surface area contributed by atoms with Crippen molar-refractivity contribution in [1.82, 2.24) is 0 Å². The Kier molecular flexibility index (Phi) is 2.56. The van der Waals surface area contributed by atoms with Gasteiger partial charge in [-0.15, -0.1) is 0 Å². The summed E-state index contributed by atoms with van der Waals surface area (Å²) in [6, 6.07) is 16.7. The summed E-state index contributed by atoms with van der Waals surface area (Å²) in [5.74, 6) is -0.667. The van der Waals surface area contributed by atoms with Crippen LogP contribution in [0.4, 0.5) is 8.78 Å². The monoisotopic (exact) mass is 240 g/mol. The molecular weight excluding hydrogens is 230 g/mol. The largest absolute Gasteiger partial charge is 0.206 e. The zero-order valence-electron chi connectivity index (χ0n) is 9.53. The Labute approximate surface area is 104 Å². The molecule has 18 heavy (non-hydrogen) atoms. The quantitative estimate of drug-likeness (QED) is 0.574. The van der Waals surface area contributed by atoms with Gasteiger partial charge in [-0.2, -0.15) is 0 Å². The van der Waals surface area contributed by atoms with E-state index in [1.807, 2.05) is 18.2 Å². The van der Waals surface area contributed by atoms with Gasteiger partial charge < -0.3 is 0 Å². The van der Waals surface area contributed by atoms with E-state index in [1.165, 1.54) is 12.1 Å². The summed E-state index contributed by atoms with van der Waals surface area (Å²) in [5.41, 5.74) is 1.01. The van der Waals surface area contributed by atoms with Gasteiger partial charge in [0.05, 0.1) is 0 Å². The van der Waals surface area contributed by atoms with Gasteiger partial charge in [0.15, 0.2) is 0 Å². The van der Waals surface area contributed by atoms with Gasteiger partial charge in [0, 0.05) is 10.9 Å². The third-order valence-electron chi connectivity index (χ3n) is 3.02. The van der Waals surface area contributed by atoms with Crippen molar-refractivity contribution in [2.24, 2.45) is 0 Å². The summed E-state index contributed by atoms with van der Waals surface area (Å²) in [6.45, 7) is 0. The number of hydrogen-bond acceptors (Lipinski definition) is 0. The number of hydrogen-bond donors (Lipinski definition) is 0. The van der Waals surface area contributed by atoms with Crippen molar-refractivity contribution in [3.63, 3.8) is 0 Å². The van der Waals surface area contributed by atoms with Gasteiger partial charge in [0.2, 0.25) is 0 Å². The molecule has 0 unspecified atom stereocenters. The van der Waals surface area contributed by atoms with Crippen molar-refractivity contribution in [1.29, 1.82) is 0 Å². The number of benzene rings is 3. The molecule has 0 aliphatic rings. The summed E-state index contributed by atoms with van der Waals surface area (Å²) in [6.07, 6.45) is 0. The topological polar surface area (TPSA) is 0 Å². The summed E-state index contributed by atoms with van der Waals surface area (Å²) in [7, 11) is 0. The predicted octanol–water partition coefficient (Wildman–Crippen LogP) is 4.79. The van der Waals surface area contributed by atoms with E-state index in [0.29, 0.717) is 16.5 Å². The van der Waals surface area contributed by atoms with Crippen LogP contribution in [0.5, 0.6) is 0 Å². The Morgan fingerprint density at radius 1 is 0.556 bits per heavy atom. The molecule has 2 heteroatoms. The molecule has 0 aliphatic heterocycles. The van der Waals surface area contributed by atoms with Crippen LogP contribution in [-0.2, 0) is 0 Å². The van der Waals surface area contributed by atoms with Crippen molar-refractivity contribution in [2.45, 2.75) is 0 Å². The molecule has 0 heterocycles. The van der Waals surface area contributed by atoms with E-state index < -0.39 is 0 Å². The highest BCUT2D eigenvalue weighted by Gasteiger charge is 2.10. The maximum Gasteiger partial charge on any atom is 0.131 e. The molecule has 0 atom stereocenters. The highest BCUT2D eigenvalue weighted by atomic mass is 19.1. The fourth-order valence-electron chi connectivity index (χ4n) is 2.20. The van der Waals surface area contributed by atoms with Crippen LogP contribution in [-0.4, -0.2) is 0 Å². The SMILES string of the molecule is Fc1ccccc1-c1cccc2cccc(F)c12. The normalized spacial score (nSPS) is 10.8. The predicted molar refractivity (Wildman–Crippen MR) is 69.3 cm³/mol. The van der Waals surface area contributed by atoms with Gasteiger partial charge in [-0.3, -0.25) is 0 Å². The van der Waals surface area contributed by atoms with Crippen LogP contribution in [0.2, 0.25) is 0 Å². The Hall–Kier alpha value is -2.22. The van der Waals surface area contributed by atoms with Crippen LogP contribution in [0, 0.1) is 11.6 Å². The number of halogens is 2.